The third kappa shape index (κ3) is 4.99. The van der Waals surface area contributed by atoms with Crippen LogP contribution in [0.15, 0.2) is 0 Å². The van der Waals surface area contributed by atoms with Gasteiger partial charge in [-0.2, -0.15) is 0 Å². The molecule has 100 valence electrons. The van der Waals surface area contributed by atoms with E-state index in [-0.39, 0.29) is 11.4 Å². The van der Waals surface area contributed by atoms with Crippen LogP contribution >= 0.6 is 15.9 Å². The molecule has 0 radical (unpaired) electrons. The fourth-order valence-electron chi connectivity index (χ4n) is 2.82. The van der Waals surface area contributed by atoms with Crippen molar-refractivity contribution in [1.82, 2.24) is 5.32 Å². The molecule has 0 aromatic carbocycles. The second-order valence-electron chi connectivity index (χ2n) is 5.62. The summed E-state index contributed by atoms with van der Waals surface area (Å²) in [6, 6.07) is 0. The first kappa shape index (κ1) is 15.0. The highest BCUT2D eigenvalue weighted by atomic mass is 79.9. The molecule has 3 heteroatoms. The second-order valence-corrected chi connectivity index (χ2v) is 6.18. The molecule has 2 nitrogen and oxygen atoms in total. The summed E-state index contributed by atoms with van der Waals surface area (Å²) in [6.07, 6.45) is 8.84. The van der Waals surface area contributed by atoms with E-state index in [4.69, 9.17) is 0 Å². The van der Waals surface area contributed by atoms with E-state index < -0.39 is 0 Å². The van der Waals surface area contributed by atoms with Crippen LogP contribution in [0.25, 0.3) is 0 Å². The van der Waals surface area contributed by atoms with E-state index in [0.29, 0.717) is 6.42 Å². The minimum absolute atomic E-state index is 0.0287. The number of unbranched alkanes of at least 4 members (excludes halogenated alkanes) is 2. The molecule has 1 aliphatic carbocycles. The number of carbonyl (C=O) groups excluding carboxylic acids is 1. The molecule has 1 amide bonds. The normalized spacial score (nSPS) is 29.0. The first-order valence-electron chi connectivity index (χ1n) is 6.99. The number of nitrogens with one attached hydrogen (secondary N) is 1. The molecule has 0 bridgehead atoms. The number of amides is 1. The molecule has 0 spiro atoms. The Kier molecular flexibility index (Phi) is 6.53. The average Bonchev–Trinajstić information content (AvgIpc) is 2.29. The summed E-state index contributed by atoms with van der Waals surface area (Å²) < 4.78 is 0. The fraction of sp³-hybridized carbons (Fsp3) is 0.929. The zero-order valence-corrected chi connectivity index (χ0v) is 12.8. The molecule has 2 unspecified atom stereocenters. The maximum absolute atomic E-state index is 11.9. The van der Waals surface area contributed by atoms with Gasteiger partial charge in [0.05, 0.1) is 0 Å². The van der Waals surface area contributed by atoms with Gasteiger partial charge in [-0.3, -0.25) is 4.79 Å². The number of alkyl halides is 1. The number of halogens is 1. The van der Waals surface area contributed by atoms with E-state index in [1.54, 1.807) is 0 Å². The Morgan fingerprint density at radius 2 is 2.24 bits per heavy atom. The summed E-state index contributed by atoms with van der Waals surface area (Å²) >= 11 is 3.59. The quantitative estimate of drug-likeness (QED) is 0.582. The van der Waals surface area contributed by atoms with E-state index in [1.165, 1.54) is 19.3 Å². The van der Waals surface area contributed by atoms with Gasteiger partial charge in [0.15, 0.2) is 0 Å². The first-order valence-corrected chi connectivity index (χ1v) is 8.11. The Bertz CT molecular complexity index is 244. The molecule has 1 rings (SSSR count). The van der Waals surface area contributed by atoms with Gasteiger partial charge in [0, 0.05) is 17.3 Å². The molecule has 1 fully saturated rings. The van der Waals surface area contributed by atoms with Crippen LogP contribution in [0.5, 0.6) is 0 Å². The van der Waals surface area contributed by atoms with Gasteiger partial charge in [0.1, 0.15) is 0 Å². The topological polar surface area (TPSA) is 29.1 Å². The molecule has 1 N–H and O–H groups in total. The number of hydrogen-bond acceptors (Lipinski definition) is 1. The lowest BCUT2D eigenvalue weighted by atomic mass is 9.77. The molecule has 0 saturated heterocycles. The molecule has 1 saturated carbocycles. The van der Waals surface area contributed by atoms with Crippen molar-refractivity contribution >= 4 is 21.8 Å². The Morgan fingerprint density at radius 1 is 1.47 bits per heavy atom. The van der Waals surface area contributed by atoms with Crippen molar-refractivity contribution in [1.29, 1.82) is 0 Å². The van der Waals surface area contributed by atoms with Gasteiger partial charge in [-0.1, -0.05) is 55.5 Å². The Balaban J connectivity index is 2.42. The average molecular weight is 304 g/mol. The zero-order valence-electron chi connectivity index (χ0n) is 11.2. The van der Waals surface area contributed by atoms with E-state index in [2.05, 4.69) is 35.1 Å². The number of carbonyl (C=O) groups is 1. The predicted octanol–water partition coefficient (Wildman–Crippen LogP) is 4.03. The van der Waals surface area contributed by atoms with Crippen molar-refractivity contribution in [3.8, 4) is 0 Å². The predicted molar refractivity (Wildman–Crippen MR) is 76.4 cm³/mol. The molecule has 0 heterocycles. The van der Waals surface area contributed by atoms with E-state index in [1.807, 2.05) is 0 Å². The first-order chi connectivity index (χ1) is 8.12. The van der Waals surface area contributed by atoms with Crippen LogP contribution in [0.1, 0.15) is 65.2 Å². The minimum atomic E-state index is 0.0287. The van der Waals surface area contributed by atoms with Crippen molar-refractivity contribution in [3.05, 3.63) is 0 Å². The van der Waals surface area contributed by atoms with Gasteiger partial charge in [-0.05, 0) is 25.2 Å². The zero-order chi connectivity index (χ0) is 12.7. The van der Waals surface area contributed by atoms with E-state index in [9.17, 15) is 4.79 Å². The largest absolute Gasteiger partial charge is 0.350 e. The highest BCUT2D eigenvalue weighted by Crippen LogP contribution is 2.33. The Morgan fingerprint density at radius 3 is 2.82 bits per heavy atom. The minimum Gasteiger partial charge on any atom is -0.350 e. The van der Waals surface area contributed by atoms with Crippen molar-refractivity contribution in [2.75, 3.05) is 5.33 Å². The summed E-state index contributed by atoms with van der Waals surface area (Å²) in [6.45, 7) is 4.46. The van der Waals surface area contributed by atoms with Crippen LogP contribution in [0, 0.1) is 5.92 Å². The van der Waals surface area contributed by atoms with E-state index in [0.717, 1.165) is 36.9 Å². The van der Waals surface area contributed by atoms with Crippen LogP contribution < -0.4 is 5.32 Å². The lowest BCUT2D eigenvalue weighted by molar-refractivity contribution is -0.123. The molecular weight excluding hydrogens is 278 g/mol. The van der Waals surface area contributed by atoms with Gasteiger partial charge in [0.25, 0.3) is 0 Å². The van der Waals surface area contributed by atoms with Gasteiger partial charge >= 0.3 is 0 Å². The standard InChI is InChI=1S/C14H26BrNO/c1-3-4-5-8-13(17)16-14(11-15)9-6-7-12(2)10-14/h12H,3-11H2,1-2H3,(H,16,17). The summed E-state index contributed by atoms with van der Waals surface area (Å²) in [5, 5.41) is 4.18. The smallest absolute Gasteiger partial charge is 0.220 e. The van der Waals surface area contributed by atoms with Gasteiger partial charge in [-0.25, -0.2) is 0 Å². The molecule has 1 aliphatic rings. The summed E-state index contributed by atoms with van der Waals surface area (Å²) in [5.74, 6) is 0.976. The maximum Gasteiger partial charge on any atom is 0.220 e. The summed E-state index contributed by atoms with van der Waals surface area (Å²) in [7, 11) is 0. The molecule has 0 aromatic rings. The highest BCUT2D eigenvalue weighted by Gasteiger charge is 2.34. The third-order valence-electron chi connectivity index (χ3n) is 3.76. The fourth-order valence-corrected chi connectivity index (χ4v) is 3.47. The van der Waals surface area contributed by atoms with E-state index >= 15 is 0 Å². The summed E-state index contributed by atoms with van der Waals surface area (Å²) in [5.41, 5.74) is 0.0287. The molecule has 17 heavy (non-hydrogen) atoms. The van der Waals surface area contributed by atoms with Crippen molar-refractivity contribution in [3.63, 3.8) is 0 Å². The van der Waals surface area contributed by atoms with Crippen molar-refractivity contribution in [2.45, 2.75) is 70.8 Å². The van der Waals surface area contributed by atoms with Crippen LogP contribution in [0.2, 0.25) is 0 Å². The van der Waals surface area contributed by atoms with Crippen LogP contribution in [0.3, 0.4) is 0 Å². The SMILES string of the molecule is CCCCCC(=O)NC1(CBr)CCCC(C)C1. The molecule has 0 aliphatic heterocycles. The monoisotopic (exact) mass is 303 g/mol. The Hall–Kier alpha value is -0.0500. The van der Waals surface area contributed by atoms with Crippen LogP contribution in [0.4, 0.5) is 0 Å². The number of hydrogen-bond donors (Lipinski definition) is 1. The molecular formula is C14H26BrNO. The van der Waals surface area contributed by atoms with Crippen molar-refractivity contribution < 1.29 is 4.79 Å². The second kappa shape index (κ2) is 7.40. The third-order valence-corrected chi connectivity index (χ3v) is 4.83. The Labute approximate surface area is 114 Å². The van der Waals surface area contributed by atoms with Crippen LogP contribution in [-0.2, 0) is 4.79 Å². The van der Waals surface area contributed by atoms with Crippen LogP contribution in [-0.4, -0.2) is 16.8 Å². The van der Waals surface area contributed by atoms with Gasteiger partial charge in [0.2, 0.25) is 5.91 Å². The molecule has 2 atom stereocenters. The lowest BCUT2D eigenvalue weighted by Crippen LogP contribution is -2.52. The van der Waals surface area contributed by atoms with Crippen molar-refractivity contribution in [2.24, 2.45) is 5.92 Å². The molecule has 0 aromatic heterocycles. The highest BCUT2D eigenvalue weighted by molar-refractivity contribution is 9.09. The maximum atomic E-state index is 11.9. The number of rotatable bonds is 6. The summed E-state index contributed by atoms with van der Waals surface area (Å²) in [4.78, 5) is 11.9. The van der Waals surface area contributed by atoms with Gasteiger partial charge < -0.3 is 5.32 Å². The van der Waals surface area contributed by atoms with Gasteiger partial charge in [-0.15, -0.1) is 0 Å². The lowest BCUT2D eigenvalue weighted by Gasteiger charge is -2.39.